The Hall–Kier alpha value is -1.30. The van der Waals surface area contributed by atoms with E-state index in [0.717, 1.165) is 8.95 Å². The van der Waals surface area contributed by atoms with Crippen molar-refractivity contribution in [3.63, 3.8) is 0 Å². The maximum Gasteiger partial charge on any atom is 0.0182 e. The molecular weight excluding hydrogens is 510 g/mol. The Morgan fingerprint density at radius 3 is 1.21 bits per heavy atom. The Morgan fingerprint density at radius 2 is 0.821 bits per heavy atom. The lowest BCUT2D eigenvalue weighted by atomic mass is 10.3. The molecule has 4 aromatic carbocycles. The lowest BCUT2D eigenvalue weighted by molar-refractivity contribution is 1.70. The average Bonchev–Trinajstić information content (AvgIpc) is 2.73. The Morgan fingerprint density at radius 1 is 0.429 bits per heavy atom. The second-order valence-corrected chi connectivity index (χ2v) is 12.7. The van der Waals surface area contributed by atoms with Gasteiger partial charge in [-0.15, -0.1) is 0 Å². The summed E-state index contributed by atoms with van der Waals surface area (Å²) in [5.74, 6) is 0. The molecule has 2 atom stereocenters. The number of fused-ring (bicyclic) bond motifs is 2. The molecule has 0 aromatic heterocycles. The third-order valence-corrected chi connectivity index (χ3v) is 11.3. The summed E-state index contributed by atoms with van der Waals surface area (Å²) in [5, 5.41) is 8.71. The van der Waals surface area contributed by atoms with Crippen molar-refractivity contribution in [1.82, 2.24) is 0 Å². The van der Waals surface area contributed by atoms with Crippen LogP contribution in [0.1, 0.15) is 0 Å². The highest BCUT2D eigenvalue weighted by atomic mass is 79.9. The molecule has 2 unspecified atom stereocenters. The van der Waals surface area contributed by atoms with Gasteiger partial charge in [-0.2, -0.15) is 0 Å². The Bertz CT molecular complexity index is 1050. The SMILES string of the molecule is Brc1ccc2c(c1)P(c1ccccc1)c1ccc(Br)cc1P2c1ccccc1. The first-order valence-corrected chi connectivity index (χ1v) is 13.3. The zero-order valence-electron chi connectivity index (χ0n) is 14.9. The van der Waals surface area contributed by atoms with E-state index in [2.05, 4.69) is 129 Å². The Balaban J connectivity index is 1.84. The number of hydrogen-bond acceptors (Lipinski definition) is 0. The maximum absolute atomic E-state index is 3.73. The average molecular weight is 526 g/mol. The fourth-order valence-corrected chi connectivity index (χ4v) is 10.7. The van der Waals surface area contributed by atoms with Gasteiger partial charge in [0.15, 0.2) is 0 Å². The van der Waals surface area contributed by atoms with E-state index >= 15 is 0 Å². The summed E-state index contributed by atoms with van der Waals surface area (Å²) < 4.78 is 2.30. The van der Waals surface area contributed by atoms with E-state index in [1.54, 1.807) is 0 Å². The number of rotatable bonds is 2. The molecule has 28 heavy (non-hydrogen) atoms. The predicted octanol–water partition coefficient (Wildman–Crippen LogP) is 5.04. The van der Waals surface area contributed by atoms with Crippen LogP contribution in [0.2, 0.25) is 0 Å². The number of halogens is 2. The molecule has 4 aromatic rings. The van der Waals surface area contributed by atoms with Crippen LogP contribution in [0.15, 0.2) is 106 Å². The molecule has 0 bridgehead atoms. The zero-order chi connectivity index (χ0) is 19.1. The monoisotopic (exact) mass is 524 g/mol. The van der Waals surface area contributed by atoms with Crippen LogP contribution in [0.3, 0.4) is 0 Å². The van der Waals surface area contributed by atoms with Crippen LogP contribution < -0.4 is 31.8 Å². The van der Waals surface area contributed by atoms with Gasteiger partial charge < -0.3 is 0 Å². The van der Waals surface area contributed by atoms with Gasteiger partial charge in [-0.3, -0.25) is 0 Å². The van der Waals surface area contributed by atoms with Gasteiger partial charge in [-0.1, -0.05) is 105 Å². The van der Waals surface area contributed by atoms with Crippen molar-refractivity contribution in [2.45, 2.75) is 0 Å². The minimum atomic E-state index is -0.579. The highest BCUT2D eigenvalue weighted by Gasteiger charge is 2.34. The molecule has 0 saturated carbocycles. The molecule has 5 rings (SSSR count). The van der Waals surface area contributed by atoms with E-state index in [1.165, 1.54) is 31.8 Å². The largest absolute Gasteiger partial charge is 0.0622 e. The summed E-state index contributed by atoms with van der Waals surface area (Å²) >= 11 is 7.46. The number of benzene rings is 4. The minimum Gasteiger partial charge on any atom is -0.0622 e. The lowest BCUT2D eigenvalue weighted by Gasteiger charge is -2.35. The molecule has 136 valence electrons. The fraction of sp³-hybridized carbons (Fsp3) is 0. The first-order chi connectivity index (χ1) is 13.7. The van der Waals surface area contributed by atoms with Gasteiger partial charge in [-0.25, -0.2) is 0 Å². The smallest absolute Gasteiger partial charge is 0.0182 e. The topological polar surface area (TPSA) is 0 Å². The summed E-state index contributed by atoms with van der Waals surface area (Å²) in [6, 6.07) is 35.7. The molecule has 0 radical (unpaired) electrons. The Kier molecular flexibility index (Phi) is 5.24. The third-order valence-electron chi connectivity index (χ3n) is 4.87. The van der Waals surface area contributed by atoms with Gasteiger partial charge in [0.2, 0.25) is 0 Å². The van der Waals surface area contributed by atoms with Gasteiger partial charge in [-0.05, 0) is 71.9 Å². The molecular formula is C24H16Br2P2. The molecule has 0 nitrogen and oxygen atoms in total. The van der Waals surface area contributed by atoms with Crippen molar-refractivity contribution >= 4 is 79.5 Å². The van der Waals surface area contributed by atoms with Gasteiger partial charge in [0.05, 0.1) is 0 Å². The van der Waals surface area contributed by atoms with E-state index < -0.39 is 15.8 Å². The van der Waals surface area contributed by atoms with Crippen LogP contribution in [0.5, 0.6) is 0 Å². The van der Waals surface area contributed by atoms with Gasteiger partial charge >= 0.3 is 0 Å². The van der Waals surface area contributed by atoms with Crippen molar-refractivity contribution in [2.24, 2.45) is 0 Å². The highest BCUT2D eigenvalue weighted by molar-refractivity contribution is 9.10. The van der Waals surface area contributed by atoms with Crippen molar-refractivity contribution in [2.75, 3.05) is 0 Å². The van der Waals surface area contributed by atoms with Crippen LogP contribution in [-0.2, 0) is 0 Å². The van der Waals surface area contributed by atoms with Gasteiger partial charge in [0.1, 0.15) is 0 Å². The summed E-state index contributed by atoms with van der Waals surface area (Å²) in [7, 11) is -1.16. The van der Waals surface area contributed by atoms with Crippen molar-refractivity contribution < 1.29 is 0 Å². The molecule has 1 heterocycles. The normalized spacial score (nSPS) is 17.6. The second kappa shape index (κ2) is 7.85. The minimum absolute atomic E-state index is 0.579. The van der Waals surface area contributed by atoms with E-state index in [-0.39, 0.29) is 0 Å². The van der Waals surface area contributed by atoms with Crippen LogP contribution in [0.25, 0.3) is 0 Å². The standard InChI is InChI=1S/C24H16Br2P2/c25-17-12-14-22-23(15-17)27(19-7-3-1-4-8-19)21-13-11-18(26)16-24(21)28(22)20-9-5-2-6-10-20/h1-16H. The lowest BCUT2D eigenvalue weighted by Crippen LogP contribution is -2.45. The summed E-state index contributed by atoms with van der Waals surface area (Å²) in [6.45, 7) is 0. The van der Waals surface area contributed by atoms with Crippen molar-refractivity contribution in [3.05, 3.63) is 106 Å². The molecule has 0 N–H and O–H groups in total. The molecule has 0 aliphatic carbocycles. The summed E-state index contributed by atoms with van der Waals surface area (Å²) in [6.07, 6.45) is 0. The van der Waals surface area contributed by atoms with Crippen LogP contribution >= 0.6 is 47.7 Å². The van der Waals surface area contributed by atoms with Crippen LogP contribution in [-0.4, -0.2) is 0 Å². The maximum atomic E-state index is 3.73. The summed E-state index contributed by atoms with van der Waals surface area (Å²) in [4.78, 5) is 0. The highest BCUT2D eigenvalue weighted by Crippen LogP contribution is 2.45. The number of hydrogen-bond donors (Lipinski definition) is 0. The van der Waals surface area contributed by atoms with Gasteiger partial charge in [0.25, 0.3) is 0 Å². The van der Waals surface area contributed by atoms with Crippen LogP contribution in [0, 0.1) is 0 Å². The van der Waals surface area contributed by atoms with Crippen molar-refractivity contribution in [1.29, 1.82) is 0 Å². The van der Waals surface area contributed by atoms with Crippen LogP contribution in [0.4, 0.5) is 0 Å². The Labute approximate surface area is 184 Å². The van der Waals surface area contributed by atoms with E-state index in [4.69, 9.17) is 0 Å². The third kappa shape index (κ3) is 3.31. The van der Waals surface area contributed by atoms with Crippen molar-refractivity contribution in [3.8, 4) is 0 Å². The molecule has 0 fully saturated rings. The van der Waals surface area contributed by atoms with E-state index in [9.17, 15) is 0 Å². The quantitative estimate of drug-likeness (QED) is 0.283. The first-order valence-electron chi connectivity index (χ1n) is 9.02. The fourth-order valence-electron chi connectivity index (χ4n) is 3.70. The molecule has 0 spiro atoms. The molecule has 1 aliphatic heterocycles. The van der Waals surface area contributed by atoms with E-state index in [1.807, 2.05) is 0 Å². The summed E-state index contributed by atoms with van der Waals surface area (Å²) in [5.41, 5.74) is 0. The molecule has 0 amide bonds. The molecule has 1 aliphatic rings. The predicted molar refractivity (Wildman–Crippen MR) is 133 cm³/mol. The van der Waals surface area contributed by atoms with E-state index in [0.29, 0.717) is 0 Å². The first kappa shape index (κ1) is 18.7. The molecule has 0 saturated heterocycles. The molecule has 4 heteroatoms. The van der Waals surface area contributed by atoms with Gasteiger partial charge in [0, 0.05) is 8.95 Å². The zero-order valence-corrected chi connectivity index (χ0v) is 19.8. The second-order valence-electron chi connectivity index (χ2n) is 6.61.